The zero-order valence-corrected chi connectivity index (χ0v) is 14.9. The number of hydrogen-bond donors (Lipinski definition) is 0. The number of benzene rings is 1. The summed E-state index contributed by atoms with van der Waals surface area (Å²) in [5.41, 5.74) is 1.34. The SMILES string of the molecule is O=C(c1csnn1)N1CCCN(Cc2noc(-c3ccccc3)n2)CC1. The molecule has 2 aromatic heterocycles. The predicted molar refractivity (Wildman–Crippen MR) is 95.4 cm³/mol. The molecule has 1 aliphatic rings. The lowest BCUT2D eigenvalue weighted by Gasteiger charge is -2.20. The van der Waals surface area contributed by atoms with Crippen LogP contribution in [0.5, 0.6) is 0 Å². The van der Waals surface area contributed by atoms with Gasteiger partial charge in [0, 0.05) is 37.1 Å². The molecule has 26 heavy (non-hydrogen) atoms. The smallest absolute Gasteiger partial charge is 0.275 e. The van der Waals surface area contributed by atoms with Gasteiger partial charge in [0.15, 0.2) is 11.5 Å². The summed E-state index contributed by atoms with van der Waals surface area (Å²) in [6, 6.07) is 9.72. The van der Waals surface area contributed by atoms with Crippen molar-refractivity contribution in [2.45, 2.75) is 13.0 Å². The van der Waals surface area contributed by atoms with Gasteiger partial charge in [-0.25, -0.2) is 0 Å². The molecule has 9 heteroatoms. The van der Waals surface area contributed by atoms with E-state index in [1.165, 1.54) is 11.5 Å². The van der Waals surface area contributed by atoms with Gasteiger partial charge < -0.3 is 9.42 Å². The number of aromatic nitrogens is 4. The number of hydrogen-bond acceptors (Lipinski definition) is 8. The third kappa shape index (κ3) is 3.78. The van der Waals surface area contributed by atoms with E-state index in [1.807, 2.05) is 35.2 Å². The number of rotatable bonds is 4. The molecule has 1 amide bonds. The summed E-state index contributed by atoms with van der Waals surface area (Å²) < 4.78 is 9.13. The van der Waals surface area contributed by atoms with Crippen LogP contribution in [0.25, 0.3) is 11.5 Å². The highest BCUT2D eigenvalue weighted by Crippen LogP contribution is 2.17. The van der Waals surface area contributed by atoms with Crippen LogP contribution >= 0.6 is 11.5 Å². The average molecular weight is 370 g/mol. The highest BCUT2D eigenvalue weighted by atomic mass is 32.1. The number of carbonyl (C=O) groups excluding carboxylic acids is 1. The van der Waals surface area contributed by atoms with Gasteiger partial charge in [0.1, 0.15) is 0 Å². The van der Waals surface area contributed by atoms with Crippen LogP contribution in [-0.2, 0) is 6.54 Å². The molecule has 1 aliphatic heterocycles. The summed E-state index contributed by atoms with van der Waals surface area (Å²) in [4.78, 5) is 21.0. The Morgan fingerprint density at radius 1 is 1.15 bits per heavy atom. The minimum atomic E-state index is -0.0495. The minimum absolute atomic E-state index is 0.0495. The van der Waals surface area contributed by atoms with E-state index in [0.29, 0.717) is 37.0 Å². The molecule has 1 saturated heterocycles. The Morgan fingerprint density at radius 2 is 2.04 bits per heavy atom. The highest BCUT2D eigenvalue weighted by molar-refractivity contribution is 7.03. The van der Waals surface area contributed by atoms with Gasteiger partial charge in [-0.3, -0.25) is 9.69 Å². The molecule has 3 aromatic rings. The van der Waals surface area contributed by atoms with Gasteiger partial charge in [-0.15, -0.1) is 5.10 Å². The molecule has 0 unspecified atom stereocenters. The Morgan fingerprint density at radius 3 is 2.85 bits per heavy atom. The first kappa shape index (κ1) is 16.8. The standard InChI is InChI=1S/C17H18N6O2S/c24-17(14-12-26-21-19-14)23-8-4-7-22(9-10-23)11-15-18-16(25-20-15)13-5-2-1-3-6-13/h1-3,5-6,12H,4,7-11H2. The van der Waals surface area contributed by atoms with E-state index in [4.69, 9.17) is 4.52 Å². The van der Waals surface area contributed by atoms with Gasteiger partial charge in [0.25, 0.3) is 11.8 Å². The van der Waals surface area contributed by atoms with E-state index < -0.39 is 0 Å². The van der Waals surface area contributed by atoms with E-state index in [1.54, 1.807) is 5.38 Å². The second-order valence-corrected chi connectivity index (χ2v) is 6.70. The molecule has 1 aromatic carbocycles. The first-order valence-electron chi connectivity index (χ1n) is 8.46. The molecule has 0 atom stereocenters. The lowest BCUT2D eigenvalue weighted by atomic mass is 10.2. The summed E-state index contributed by atoms with van der Waals surface area (Å²) >= 11 is 1.19. The number of carbonyl (C=O) groups is 1. The van der Waals surface area contributed by atoms with Crippen molar-refractivity contribution in [3.05, 3.63) is 47.2 Å². The van der Waals surface area contributed by atoms with Crippen LogP contribution in [0.1, 0.15) is 22.7 Å². The van der Waals surface area contributed by atoms with Crippen LogP contribution in [-0.4, -0.2) is 61.6 Å². The molecule has 0 radical (unpaired) electrons. The fourth-order valence-electron chi connectivity index (χ4n) is 2.97. The van der Waals surface area contributed by atoms with Gasteiger partial charge in [-0.2, -0.15) is 4.98 Å². The van der Waals surface area contributed by atoms with Crippen LogP contribution in [0.4, 0.5) is 0 Å². The van der Waals surface area contributed by atoms with Crippen LogP contribution in [0.2, 0.25) is 0 Å². The Hall–Kier alpha value is -2.65. The monoisotopic (exact) mass is 370 g/mol. The van der Waals surface area contributed by atoms with Crippen molar-refractivity contribution < 1.29 is 9.32 Å². The molecule has 8 nitrogen and oxygen atoms in total. The second kappa shape index (κ2) is 7.71. The largest absolute Gasteiger partial charge is 0.336 e. The molecule has 1 fully saturated rings. The lowest BCUT2D eigenvalue weighted by Crippen LogP contribution is -2.35. The summed E-state index contributed by atoms with van der Waals surface area (Å²) in [6.45, 7) is 3.62. The first-order valence-corrected chi connectivity index (χ1v) is 9.30. The second-order valence-electron chi connectivity index (χ2n) is 6.09. The molecule has 0 aliphatic carbocycles. The van der Waals surface area contributed by atoms with Gasteiger partial charge in [0.05, 0.1) is 6.54 Å². The summed E-state index contributed by atoms with van der Waals surface area (Å²) in [6.07, 6.45) is 0.896. The van der Waals surface area contributed by atoms with Crippen molar-refractivity contribution >= 4 is 17.4 Å². The predicted octanol–water partition coefficient (Wildman–Crippen LogP) is 1.94. The van der Waals surface area contributed by atoms with Gasteiger partial charge >= 0.3 is 0 Å². The van der Waals surface area contributed by atoms with Crippen molar-refractivity contribution in [3.8, 4) is 11.5 Å². The molecule has 3 heterocycles. The van der Waals surface area contributed by atoms with E-state index in [2.05, 4.69) is 24.6 Å². The van der Waals surface area contributed by atoms with E-state index in [0.717, 1.165) is 25.1 Å². The van der Waals surface area contributed by atoms with Gasteiger partial charge in [-0.05, 0) is 30.1 Å². The van der Waals surface area contributed by atoms with Crippen molar-refractivity contribution in [3.63, 3.8) is 0 Å². The normalized spacial score (nSPS) is 15.8. The Labute approximate surface area is 154 Å². The molecule has 0 bridgehead atoms. The maximum absolute atomic E-state index is 12.4. The fraction of sp³-hybridized carbons (Fsp3) is 0.353. The Balaban J connectivity index is 1.36. The Kier molecular flexibility index (Phi) is 4.98. The molecule has 0 N–H and O–H groups in total. The third-order valence-corrected chi connectivity index (χ3v) is 4.81. The zero-order chi connectivity index (χ0) is 17.8. The molecular formula is C17H18N6O2S. The Bertz CT molecular complexity index is 851. The highest BCUT2D eigenvalue weighted by Gasteiger charge is 2.22. The number of nitrogens with zero attached hydrogens (tertiary/aromatic N) is 6. The maximum atomic E-state index is 12.4. The minimum Gasteiger partial charge on any atom is -0.336 e. The van der Waals surface area contributed by atoms with Crippen LogP contribution in [0.15, 0.2) is 40.2 Å². The van der Waals surface area contributed by atoms with Gasteiger partial charge in [0.2, 0.25) is 0 Å². The molecule has 4 rings (SSSR count). The molecule has 0 saturated carbocycles. The average Bonchev–Trinajstić information content (AvgIpc) is 3.31. The maximum Gasteiger partial charge on any atom is 0.275 e. The van der Waals surface area contributed by atoms with Crippen LogP contribution in [0.3, 0.4) is 0 Å². The van der Waals surface area contributed by atoms with Gasteiger partial charge in [-0.1, -0.05) is 27.8 Å². The third-order valence-electron chi connectivity index (χ3n) is 4.31. The quantitative estimate of drug-likeness (QED) is 0.693. The van der Waals surface area contributed by atoms with Crippen molar-refractivity contribution in [2.75, 3.05) is 26.2 Å². The van der Waals surface area contributed by atoms with Crippen LogP contribution < -0.4 is 0 Å². The molecular weight excluding hydrogens is 352 g/mol. The van der Waals surface area contributed by atoms with Crippen molar-refractivity contribution in [1.29, 1.82) is 0 Å². The lowest BCUT2D eigenvalue weighted by molar-refractivity contribution is 0.0755. The topological polar surface area (TPSA) is 88.3 Å². The summed E-state index contributed by atoms with van der Waals surface area (Å²) in [5, 5.41) is 9.65. The molecule has 134 valence electrons. The first-order chi connectivity index (χ1) is 12.8. The van der Waals surface area contributed by atoms with Crippen LogP contribution in [0, 0.1) is 0 Å². The van der Waals surface area contributed by atoms with E-state index in [9.17, 15) is 4.79 Å². The fourth-order valence-corrected chi connectivity index (χ4v) is 3.40. The van der Waals surface area contributed by atoms with E-state index >= 15 is 0 Å². The van der Waals surface area contributed by atoms with E-state index in [-0.39, 0.29) is 5.91 Å². The number of amides is 1. The summed E-state index contributed by atoms with van der Waals surface area (Å²) in [5.74, 6) is 1.14. The zero-order valence-electron chi connectivity index (χ0n) is 14.1. The van der Waals surface area contributed by atoms with Crippen molar-refractivity contribution in [1.82, 2.24) is 29.5 Å². The molecule has 0 spiro atoms. The summed E-state index contributed by atoms with van der Waals surface area (Å²) in [7, 11) is 0. The van der Waals surface area contributed by atoms with Crippen molar-refractivity contribution in [2.24, 2.45) is 0 Å².